The molecule has 92 valence electrons. The largest absolute Gasteiger partial charge is 0.383 e. The maximum Gasteiger partial charge on any atom is 0.0677 e. The van der Waals surface area contributed by atoms with Crippen molar-refractivity contribution in [1.82, 2.24) is 0 Å². The first-order chi connectivity index (χ1) is 7.95. The minimum Gasteiger partial charge on any atom is -0.383 e. The fraction of sp³-hybridized carbons (Fsp3) is 0.533. The number of nitrogens with one attached hydrogen (secondary N) is 1. The molecule has 1 aromatic carbocycles. The number of hydrogen-bond acceptors (Lipinski definition) is 2. The zero-order valence-corrected chi connectivity index (χ0v) is 11.5. The lowest BCUT2D eigenvalue weighted by atomic mass is 9.97. The van der Waals surface area contributed by atoms with E-state index in [0.29, 0.717) is 5.92 Å². The third kappa shape index (κ3) is 3.49. The van der Waals surface area contributed by atoms with Gasteiger partial charge in [0, 0.05) is 12.2 Å². The van der Waals surface area contributed by atoms with Crippen LogP contribution in [0.1, 0.15) is 30.5 Å². The Morgan fingerprint density at radius 2 is 1.71 bits per heavy atom. The Hall–Kier alpha value is -1.49. The molecule has 2 nitrogen and oxygen atoms in total. The van der Waals surface area contributed by atoms with E-state index in [1.165, 1.54) is 16.7 Å². The maximum atomic E-state index is 9.05. The van der Waals surface area contributed by atoms with Crippen LogP contribution in [0.3, 0.4) is 0 Å². The molecule has 1 rings (SSSR count). The van der Waals surface area contributed by atoms with Gasteiger partial charge in [0.2, 0.25) is 0 Å². The molecular formula is C15H22N2. The molecular weight excluding hydrogens is 208 g/mol. The van der Waals surface area contributed by atoms with Crippen LogP contribution in [-0.2, 0) is 0 Å². The van der Waals surface area contributed by atoms with E-state index in [0.717, 1.165) is 12.2 Å². The summed E-state index contributed by atoms with van der Waals surface area (Å²) in [5.41, 5.74) is 4.99. The van der Waals surface area contributed by atoms with Gasteiger partial charge in [0.05, 0.1) is 12.0 Å². The van der Waals surface area contributed by atoms with Crippen LogP contribution in [0.4, 0.5) is 5.69 Å². The Kier molecular flexibility index (Phi) is 4.57. The lowest BCUT2D eigenvalue weighted by Crippen LogP contribution is -2.18. The molecule has 0 aliphatic heterocycles. The molecule has 0 spiro atoms. The number of nitrogens with zero attached hydrogens (tertiary/aromatic N) is 1. The summed E-state index contributed by atoms with van der Waals surface area (Å²) in [6, 6.07) is 6.71. The van der Waals surface area contributed by atoms with Crippen molar-refractivity contribution < 1.29 is 0 Å². The van der Waals surface area contributed by atoms with Crippen molar-refractivity contribution >= 4 is 5.69 Å². The monoisotopic (exact) mass is 230 g/mol. The zero-order valence-electron chi connectivity index (χ0n) is 11.5. The van der Waals surface area contributed by atoms with Crippen LogP contribution < -0.4 is 5.32 Å². The normalized spacial score (nSPS) is 12.3. The van der Waals surface area contributed by atoms with E-state index in [1.807, 2.05) is 0 Å². The number of benzene rings is 1. The summed E-state index contributed by atoms with van der Waals surface area (Å²) in [6.45, 7) is 11.2. The second-order valence-electron chi connectivity index (χ2n) is 5.11. The summed E-state index contributed by atoms with van der Waals surface area (Å²) < 4.78 is 0. The lowest BCUT2D eigenvalue weighted by Gasteiger charge is -2.17. The Morgan fingerprint density at radius 3 is 2.24 bits per heavy atom. The first kappa shape index (κ1) is 13.6. The molecule has 0 saturated heterocycles. The highest BCUT2D eigenvalue weighted by Gasteiger charge is 2.12. The predicted octanol–water partition coefficient (Wildman–Crippen LogP) is 3.82. The van der Waals surface area contributed by atoms with Crippen LogP contribution in [0.2, 0.25) is 0 Å². The van der Waals surface area contributed by atoms with E-state index in [9.17, 15) is 0 Å². The molecule has 0 amide bonds. The van der Waals surface area contributed by atoms with Crippen LogP contribution >= 0.6 is 0 Å². The molecule has 0 saturated carbocycles. The number of rotatable bonds is 4. The number of hydrogen-bond donors (Lipinski definition) is 1. The van der Waals surface area contributed by atoms with Gasteiger partial charge in [-0.2, -0.15) is 5.26 Å². The van der Waals surface area contributed by atoms with E-state index in [-0.39, 0.29) is 5.92 Å². The molecule has 0 bridgehead atoms. The quantitative estimate of drug-likeness (QED) is 0.853. The van der Waals surface area contributed by atoms with E-state index in [2.05, 4.69) is 58.1 Å². The first-order valence-electron chi connectivity index (χ1n) is 6.17. The predicted molar refractivity (Wildman–Crippen MR) is 73.1 cm³/mol. The van der Waals surface area contributed by atoms with Gasteiger partial charge in [-0.25, -0.2) is 0 Å². The van der Waals surface area contributed by atoms with Gasteiger partial charge in [-0.15, -0.1) is 0 Å². The Labute approximate surface area is 105 Å². The fourth-order valence-corrected chi connectivity index (χ4v) is 1.80. The summed E-state index contributed by atoms with van der Waals surface area (Å²) in [5, 5.41) is 12.4. The second kappa shape index (κ2) is 5.72. The molecule has 0 heterocycles. The van der Waals surface area contributed by atoms with Crippen molar-refractivity contribution in [3.05, 3.63) is 28.8 Å². The Balaban J connectivity index is 2.76. The SMILES string of the molecule is Cc1cc(C)c(NCC(C#N)C(C)C)cc1C. The minimum atomic E-state index is 0.0657. The number of anilines is 1. The topological polar surface area (TPSA) is 35.8 Å². The van der Waals surface area contributed by atoms with Crippen LogP contribution in [0.5, 0.6) is 0 Å². The van der Waals surface area contributed by atoms with Crippen molar-refractivity contribution in [2.24, 2.45) is 11.8 Å². The molecule has 0 radical (unpaired) electrons. The zero-order chi connectivity index (χ0) is 13.0. The smallest absolute Gasteiger partial charge is 0.0677 e. The summed E-state index contributed by atoms with van der Waals surface area (Å²) in [6.07, 6.45) is 0. The molecule has 0 aliphatic carbocycles. The third-order valence-corrected chi connectivity index (χ3v) is 3.32. The molecule has 1 N–H and O–H groups in total. The van der Waals surface area contributed by atoms with Gasteiger partial charge in [0.25, 0.3) is 0 Å². The minimum absolute atomic E-state index is 0.0657. The standard InChI is InChI=1S/C15H22N2/c1-10(2)14(8-16)9-17-15-7-12(4)11(3)6-13(15)5/h6-7,10,14,17H,9H2,1-5H3. The summed E-state index contributed by atoms with van der Waals surface area (Å²) in [5.74, 6) is 0.454. The second-order valence-corrected chi connectivity index (χ2v) is 5.11. The Bertz CT molecular complexity index is 427. The lowest BCUT2D eigenvalue weighted by molar-refractivity contribution is 0.496. The molecule has 0 aliphatic rings. The van der Waals surface area contributed by atoms with E-state index in [4.69, 9.17) is 5.26 Å². The van der Waals surface area contributed by atoms with Crippen LogP contribution in [0.15, 0.2) is 12.1 Å². The summed E-state index contributed by atoms with van der Waals surface area (Å²) in [4.78, 5) is 0. The molecule has 0 aromatic heterocycles. The van der Waals surface area contributed by atoms with Crippen molar-refractivity contribution in [2.75, 3.05) is 11.9 Å². The molecule has 0 fully saturated rings. The van der Waals surface area contributed by atoms with Crippen LogP contribution in [0.25, 0.3) is 0 Å². The first-order valence-corrected chi connectivity index (χ1v) is 6.17. The fourth-order valence-electron chi connectivity index (χ4n) is 1.80. The molecule has 2 heteroatoms. The molecule has 17 heavy (non-hydrogen) atoms. The van der Waals surface area contributed by atoms with E-state index < -0.39 is 0 Å². The molecule has 1 aromatic rings. The van der Waals surface area contributed by atoms with E-state index in [1.54, 1.807) is 0 Å². The van der Waals surface area contributed by atoms with Crippen molar-refractivity contribution in [1.29, 1.82) is 5.26 Å². The highest BCUT2D eigenvalue weighted by atomic mass is 14.9. The summed E-state index contributed by atoms with van der Waals surface area (Å²) in [7, 11) is 0. The van der Waals surface area contributed by atoms with E-state index >= 15 is 0 Å². The van der Waals surface area contributed by atoms with Gasteiger partial charge >= 0.3 is 0 Å². The van der Waals surface area contributed by atoms with Gasteiger partial charge in [0.1, 0.15) is 0 Å². The van der Waals surface area contributed by atoms with Gasteiger partial charge in [-0.1, -0.05) is 19.9 Å². The van der Waals surface area contributed by atoms with Crippen molar-refractivity contribution in [3.8, 4) is 6.07 Å². The average Bonchev–Trinajstić information content (AvgIpc) is 2.25. The Morgan fingerprint density at radius 1 is 1.12 bits per heavy atom. The average molecular weight is 230 g/mol. The van der Waals surface area contributed by atoms with Crippen molar-refractivity contribution in [3.63, 3.8) is 0 Å². The van der Waals surface area contributed by atoms with Crippen molar-refractivity contribution in [2.45, 2.75) is 34.6 Å². The van der Waals surface area contributed by atoms with Gasteiger partial charge < -0.3 is 5.32 Å². The maximum absolute atomic E-state index is 9.05. The van der Waals surface area contributed by atoms with Crippen LogP contribution in [-0.4, -0.2) is 6.54 Å². The number of aryl methyl sites for hydroxylation is 3. The molecule has 1 unspecified atom stereocenters. The highest BCUT2D eigenvalue weighted by Crippen LogP contribution is 2.21. The van der Waals surface area contributed by atoms with Gasteiger partial charge in [-0.3, -0.25) is 0 Å². The molecule has 1 atom stereocenters. The van der Waals surface area contributed by atoms with Crippen LogP contribution in [0, 0.1) is 43.9 Å². The van der Waals surface area contributed by atoms with Gasteiger partial charge in [-0.05, 0) is 49.4 Å². The number of nitriles is 1. The van der Waals surface area contributed by atoms with Gasteiger partial charge in [0.15, 0.2) is 0 Å². The third-order valence-electron chi connectivity index (χ3n) is 3.32. The summed E-state index contributed by atoms with van der Waals surface area (Å²) >= 11 is 0. The highest BCUT2D eigenvalue weighted by molar-refractivity contribution is 5.54.